The predicted molar refractivity (Wildman–Crippen MR) is 91.0 cm³/mol. The van der Waals surface area contributed by atoms with Gasteiger partial charge in [-0.15, -0.1) is 11.8 Å². The first-order valence-electron chi connectivity index (χ1n) is 7.24. The zero-order valence-corrected chi connectivity index (χ0v) is 13.4. The van der Waals surface area contributed by atoms with E-state index in [1.807, 2.05) is 36.6 Å². The molecule has 1 aliphatic rings. The van der Waals surface area contributed by atoms with Crippen LogP contribution in [-0.4, -0.2) is 35.7 Å². The lowest BCUT2D eigenvalue weighted by atomic mass is 10.2. The molecule has 0 unspecified atom stereocenters. The Labute approximate surface area is 135 Å². The summed E-state index contributed by atoms with van der Waals surface area (Å²) >= 11 is 1.47. The highest BCUT2D eigenvalue weighted by Crippen LogP contribution is 2.16. The topological polar surface area (TPSA) is 49.4 Å². The standard InChI is InChI=1S/C17H20N2O2S/c1-22-13-11-16(20)18-15-8-5-12-19(15)17(21)10-9-14-6-3-2-4-7-14/h2-4,6-7,9-11,13,15H,5,8,12H2,1H3,(H,18,20)/b10-9+,13-11+/t15-/m0/s1. The SMILES string of the molecule is CS/C=C/C(=O)N[C@@H]1CCCN1C(=O)/C=C/c1ccccc1. The largest absolute Gasteiger partial charge is 0.332 e. The lowest BCUT2D eigenvalue weighted by molar-refractivity contribution is -0.128. The van der Waals surface area contributed by atoms with Crippen LogP contribution in [0.4, 0.5) is 0 Å². The monoisotopic (exact) mass is 316 g/mol. The van der Waals surface area contributed by atoms with Crippen molar-refractivity contribution >= 4 is 29.7 Å². The van der Waals surface area contributed by atoms with Gasteiger partial charge >= 0.3 is 0 Å². The Hall–Kier alpha value is -2.01. The maximum Gasteiger partial charge on any atom is 0.248 e. The average molecular weight is 316 g/mol. The fraction of sp³-hybridized carbons (Fsp3) is 0.294. The molecule has 0 radical (unpaired) electrons. The Morgan fingerprint density at radius 3 is 2.77 bits per heavy atom. The highest BCUT2D eigenvalue weighted by molar-refractivity contribution is 8.01. The van der Waals surface area contributed by atoms with E-state index in [-0.39, 0.29) is 18.0 Å². The molecule has 1 heterocycles. The molecule has 0 spiro atoms. The van der Waals surface area contributed by atoms with E-state index < -0.39 is 0 Å². The molecule has 1 aromatic rings. The highest BCUT2D eigenvalue weighted by atomic mass is 32.2. The number of carbonyl (C=O) groups is 2. The highest BCUT2D eigenvalue weighted by Gasteiger charge is 2.28. The van der Waals surface area contributed by atoms with Crippen LogP contribution >= 0.6 is 11.8 Å². The van der Waals surface area contributed by atoms with E-state index in [4.69, 9.17) is 0 Å². The number of rotatable bonds is 5. The summed E-state index contributed by atoms with van der Waals surface area (Å²) in [5, 5.41) is 4.60. The molecule has 2 rings (SSSR count). The fourth-order valence-electron chi connectivity index (χ4n) is 2.35. The number of likely N-dealkylation sites (tertiary alicyclic amines) is 1. The molecule has 1 aliphatic heterocycles. The van der Waals surface area contributed by atoms with E-state index in [0.717, 1.165) is 18.4 Å². The zero-order chi connectivity index (χ0) is 15.8. The minimum absolute atomic E-state index is 0.0690. The van der Waals surface area contributed by atoms with Gasteiger partial charge in [-0.25, -0.2) is 0 Å². The second-order valence-corrected chi connectivity index (χ2v) is 5.72. The molecule has 116 valence electrons. The Morgan fingerprint density at radius 1 is 1.27 bits per heavy atom. The third-order valence-electron chi connectivity index (χ3n) is 3.42. The van der Waals surface area contributed by atoms with Crippen LogP contribution in [0.15, 0.2) is 47.9 Å². The number of thioether (sulfide) groups is 1. The average Bonchev–Trinajstić information content (AvgIpc) is 2.99. The van der Waals surface area contributed by atoms with Gasteiger partial charge in [0.1, 0.15) is 6.17 Å². The summed E-state index contributed by atoms with van der Waals surface area (Å²) < 4.78 is 0. The van der Waals surface area contributed by atoms with Crippen molar-refractivity contribution in [3.8, 4) is 0 Å². The van der Waals surface area contributed by atoms with Crippen LogP contribution in [0.2, 0.25) is 0 Å². The van der Waals surface area contributed by atoms with Crippen molar-refractivity contribution < 1.29 is 9.59 Å². The van der Waals surface area contributed by atoms with Gasteiger partial charge < -0.3 is 10.2 Å². The Balaban J connectivity index is 1.95. The van der Waals surface area contributed by atoms with Crippen molar-refractivity contribution in [1.29, 1.82) is 0 Å². The molecule has 0 bridgehead atoms. The van der Waals surface area contributed by atoms with Gasteiger partial charge in [-0.05, 0) is 36.1 Å². The van der Waals surface area contributed by atoms with Gasteiger partial charge in [0.2, 0.25) is 11.8 Å². The van der Waals surface area contributed by atoms with Crippen LogP contribution in [0.5, 0.6) is 0 Å². The second kappa shape index (κ2) is 8.44. The van der Waals surface area contributed by atoms with Crippen molar-refractivity contribution in [2.75, 3.05) is 12.8 Å². The molecular weight excluding hydrogens is 296 g/mol. The molecule has 1 aromatic carbocycles. The first kappa shape index (κ1) is 16.4. The van der Waals surface area contributed by atoms with E-state index in [2.05, 4.69) is 5.32 Å². The maximum absolute atomic E-state index is 12.3. The molecule has 1 atom stereocenters. The smallest absolute Gasteiger partial charge is 0.248 e. The number of carbonyl (C=O) groups excluding carboxylic acids is 2. The molecule has 0 aliphatic carbocycles. The summed E-state index contributed by atoms with van der Waals surface area (Å²) in [6.45, 7) is 0.676. The predicted octanol–water partition coefficient (Wildman–Crippen LogP) is 2.64. The van der Waals surface area contributed by atoms with Gasteiger partial charge in [-0.1, -0.05) is 30.3 Å². The second-order valence-electron chi connectivity index (χ2n) is 4.98. The Kier molecular flexibility index (Phi) is 6.27. The van der Waals surface area contributed by atoms with Crippen LogP contribution in [0.1, 0.15) is 18.4 Å². The molecule has 0 saturated carbocycles. The van der Waals surface area contributed by atoms with E-state index in [1.165, 1.54) is 17.8 Å². The zero-order valence-electron chi connectivity index (χ0n) is 12.6. The van der Waals surface area contributed by atoms with Gasteiger partial charge in [0.05, 0.1) is 0 Å². The van der Waals surface area contributed by atoms with Crippen molar-refractivity contribution in [3.05, 3.63) is 53.5 Å². The molecule has 2 amide bonds. The van der Waals surface area contributed by atoms with Gasteiger partial charge in [0.15, 0.2) is 0 Å². The van der Waals surface area contributed by atoms with Gasteiger partial charge in [0.25, 0.3) is 0 Å². The van der Waals surface area contributed by atoms with E-state index in [1.54, 1.807) is 22.5 Å². The normalized spacial score (nSPS) is 18.2. The summed E-state index contributed by atoms with van der Waals surface area (Å²) in [4.78, 5) is 25.7. The minimum atomic E-state index is -0.216. The number of nitrogens with one attached hydrogen (secondary N) is 1. The Bertz CT molecular complexity index is 569. The molecule has 5 heteroatoms. The maximum atomic E-state index is 12.3. The lowest BCUT2D eigenvalue weighted by Gasteiger charge is -2.23. The number of nitrogens with zero attached hydrogens (tertiary/aromatic N) is 1. The summed E-state index contributed by atoms with van der Waals surface area (Å²) in [5.41, 5.74) is 0.985. The van der Waals surface area contributed by atoms with Gasteiger partial charge in [0, 0.05) is 18.7 Å². The molecule has 22 heavy (non-hydrogen) atoms. The third-order valence-corrected chi connectivity index (χ3v) is 3.83. The number of benzene rings is 1. The number of hydrogen-bond acceptors (Lipinski definition) is 3. The number of amides is 2. The van der Waals surface area contributed by atoms with Gasteiger partial charge in [-0.2, -0.15) is 0 Å². The van der Waals surface area contributed by atoms with Crippen LogP contribution in [0.25, 0.3) is 6.08 Å². The van der Waals surface area contributed by atoms with Gasteiger partial charge in [-0.3, -0.25) is 9.59 Å². The minimum Gasteiger partial charge on any atom is -0.332 e. The number of hydrogen-bond donors (Lipinski definition) is 1. The molecule has 1 saturated heterocycles. The molecule has 4 nitrogen and oxygen atoms in total. The summed E-state index contributed by atoms with van der Waals surface area (Å²) in [5.74, 6) is -0.230. The summed E-state index contributed by atoms with van der Waals surface area (Å²) in [7, 11) is 0. The quantitative estimate of drug-likeness (QED) is 0.850. The van der Waals surface area contributed by atoms with Crippen molar-refractivity contribution in [1.82, 2.24) is 10.2 Å². The first-order chi connectivity index (χ1) is 10.7. The molecule has 1 fully saturated rings. The van der Waals surface area contributed by atoms with Crippen LogP contribution < -0.4 is 5.32 Å². The van der Waals surface area contributed by atoms with Crippen LogP contribution in [0.3, 0.4) is 0 Å². The Morgan fingerprint density at radius 2 is 2.05 bits per heavy atom. The van der Waals surface area contributed by atoms with Crippen LogP contribution in [-0.2, 0) is 9.59 Å². The first-order valence-corrected chi connectivity index (χ1v) is 8.53. The molecule has 0 aromatic heterocycles. The summed E-state index contributed by atoms with van der Waals surface area (Å²) in [6.07, 6.45) is 8.23. The van der Waals surface area contributed by atoms with E-state index in [0.29, 0.717) is 6.54 Å². The molecule has 1 N–H and O–H groups in total. The molecular formula is C17H20N2O2S. The van der Waals surface area contributed by atoms with Crippen LogP contribution in [0, 0.1) is 0 Å². The van der Waals surface area contributed by atoms with Crippen molar-refractivity contribution in [2.45, 2.75) is 19.0 Å². The fourth-order valence-corrected chi connectivity index (χ4v) is 2.61. The lowest BCUT2D eigenvalue weighted by Crippen LogP contribution is -2.46. The van der Waals surface area contributed by atoms with Crippen molar-refractivity contribution in [2.24, 2.45) is 0 Å². The van der Waals surface area contributed by atoms with Crippen molar-refractivity contribution in [3.63, 3.8) is 0 Å². The van der Waals surface area contributed by atoms with E-state index in [9.17, 15) is 9.59 Å². The van der Waals surface area contributed by atoms with E-state index >= 15 is 0 Å². The summed E-state index contributed by atoms with van der Waals surface area (Å²) in [6, 6.07) is 9.69. The third kappa shape index (κ3) is 4.77.